The molecule has 24 heavy (non-hydrogen) atoms. The van der Waals surface area contributed by atoms with Crippen molar-refractivity contribution in [2.75, 3.05) is 0 Å². The fourth-order valence-electron chi connectivity index (χ4n) is 3.09. The van der Waals surface area contributed by atoms with E-state index in [0.29, 0.717) is 0 Å². The van der Waals surface area contributed by atoms with Gasteiger partial charge in [0.1, 0.15) is 0 Å². The monoisotopic (exact) mass is 460 g/mol. The zero-order chi connectivity index (χ0) is 17.9. The second-order valence-corrected chi connectivity index (χ2v) is 14.7. The molecule has 0 radical (unpaired) electrons. The van der Waals surface area contributed by atoms with Crippen LogP contribution in [0.3, 0.4) is 0 Å². The molecule has 0 saturated heterocycles. The summed E-state index contributed by atoms with van der Waals surface area (Å²) in [7, 11) is -1.95. The van der Waals surface area contributed by atoms with Crippen molar-refractivity contribution in [1.29, 1.82) is 0 Å². The van der Waals surface area contributed by atoms with E-state index in [4.69, 9.17) is 13.9 Å². The van der Waals surface area contributed by atoms with Crippen LogP contribution in [0.15, 0.2) is 0 Å². The van der Waals surface area contributed by atoms with Gasteiger partial charge in [0, 0.05) is 19.4 Å². The van der Waals surface area contributed by atoms with Crippen molar-refractivity contribution in [3.63, 3.8) is 0 Å². The highest BCUT2D eigenvalue weighted by molar-refractivity contribution is 14.1. The van der Waals surface area contributed by atoms with Gasteiger partial charge in [-0.2, -0.15) is 0 Å². The van der Waals surface area contributed by atoms with Crippen molar-refractivity contribution in [3.05, 3.63) is 14.7 Å². The Bertz CT molecular complexity index is 674. The first-order chi connectivity index (χ1) is 10.9. The second-order valence-electron chi connectivity index (χ2n) is 8.93. The SMILES string of the molecule is CC1(C)Oc2c(I)c3c(c(O[Si](C)(C)C(C)(C)C)c2O1)CCCC3. The summed E-state index contributed by atoms with van der Waals surface area (Å²) < 4.78 is 20.3. The van der Waals surface area contributed by atoms with Gasteiger partial charge in [0.2, 0.25) is 11.5 Å². The molecule has 3 rings (SSSR count). The zero-order valence-electron chi connectivity index (χ0n) is 15.9. The maximum absolute atomic E-state index is 6.79. The number of rotatable bonds is 2. The van der Waals surface area contributed by atoms with Gasteiger partial charge in [0.25, 0.3) is 8.32 Å². The molecule has 0 amide bonds. The van der Waals surface area contributed by atoms with Gasteiger partial charge in [-0.3, -0.25) is 0 Å². The molecule has 134 valence electrons. The molecular formula is C19H29IO3Si. The zero-order valence-corrected chi connectivity index (χ0v) is 19.1. The van der Waals surface area contributed by atoms with Crippen molar-refractivity contribution >= 4 is 30.9 Å². The molecular weight excluding hydrogens is 431 g/mol. The van der Waals surface area contributed by atoms with Crippen LogP contribution >= 0.6 is 22.6 Å². The Hall–Kier alpha value is -0.433. The van der Waals surface area contributed by atoms with Crippen LogP contribution < -0.4 is 13.9 Å². The first kappa shape index (κ1) is 18.4. The summed E-state index contributed by atoms with van der Waals surface area (Å²) in [5.41, 5.74) is 2.77. The molecule has 0 aromatic heterocycles. The van der Waals surface area contributed by atoms with Crippen LogP contribution in [0.2, 0.25) is 18.1 Å². The minimum Gasteiger partial charge on any atom is -0.541 e. The average Bonchev–Trinajstić information content (AvgIpc) is 2.78. The molecule has 0 N–H and O–H groups in total. The molecule has 0 unspecified atom stereocenters. The minimum atomic E-state index is -1.95. The highest BCUT2D eigenvalue weighted by Gasteiger charge is 2.44. The van der Waals surface area contributed by atoms with Crippen LogP contribution in [0.4, 0.5) is 0 Å². The Morgan fingerprint density at radius 3 is 2.12 bits per heavy atom. The Labute approximate surface area is 160 Å². The molecule has 1 aromatic carbocycles. The molecule has 1 heterocycles. The van der Waals surface area contributed by atoms with Gasteiger partial charge < -0.3 is 13.9 Å². The number of fused-ring (bicyclic) bond motifs is 2. The van der Waals surface area contributed by atoms with Crippen LogP contribution in [0.1, 0.15) is 58.6 Å². The first-order valence-electron chi connectivity index (χ1n) is 8.87. The first-order valence-corrected chi connectivity index (χ1v) is 12.9. The van der Waals surface area contributed by atoms with E-state index in [2.05, 4.69) is 56.5 Å². The molecule has 3 nitrogen and oxygen atoms in total. The summed E-state index contributed by atoms with van der Waals surface area (Å²) in [5, 5.41) is 0.152. The van der Waals surface area contributed by atoms with E-state index in [1.54, 1.807) is 0 Å². The Kier molecular flexibility index (Phi) is 4.43. The molecule has 1 aliphatic carbocycles. The molecule has 5 heteroatoms. The number of hydrogen-bond donors (Lipinski definition) is 0. The summed E-state index contributed by atoms with van der Waals surface area (Å²) in [6.45, 7) is 15.4. The van der Waals surface area contributed by atoms with Gasteiger partial charge in [-0.15, -0.1) is 0 Å². The Balaban J connectivity index is 2.17. The van der Waals surface area contributed by atoms with Gasteiger partial charge in [-0.1, -0.05) is 20.8 Å². The number of hydrogen-bond acceptors (Lipinski definition) is 3. The average molecular weight is 460 g/mol. The summed E-state index contributed by atoms with van der Waals surface area (Å²) in [6.07, 6.45) is 4.65. The van der Waals surface area contributed by atoms with Crippen molar-refractivity contribution in [3.8, 4) is 17.2 Å². The van der Waals surface area contributed by atoms with Crippen molar-refractivity contribution in [2.24, 2.45) is 0 Å². The normalized spacial score (nSPS) is 19.2. The summed E-state index contributed by atoms with van der Waals surface area (Å²) in [5.74, 6) is 2.06. The lowest BCUT2D eigenvalue weighted by Gasteiger charge is -2.38. The van der Waals surface area contributed by atoms with Gasteiger partial charge in [0.05, 0.1) is 3.57 Å². The third-order valence-electron chi connectivity index (χ3n) is 5.48. The highest BCUT2D eigenvalue weighted by Crippen LogP contribution is 2.55. The highest BCUT2D eigenvalue weighted by atomic mass is 127. The number of ether oxygens (including phenoxy) is 2. The molecule has 1 aliphatic heterocycles. The van der Waals surface area contributed by atoms with E-state index >= 15 is 0 Å². The van der Waals surface area contributed by atoms with Gasteiger partial charge in [-0.25, -0.2) is 0 Å². The van der Waals surface area contributed by atoms with E-state index in [1.807, 2.05) is 13.8 Å². The van der Waals surface area contributed by atoms with E-state index in [-0.39, 0.29) is 5.04 Å². The van der Waals surface area contributed by atoms with Crippen molar-refractivity contribution in [2.45, 2.75) is 84.2 Å². The topological polar surface area (TPSA) is 27.7 Å². The fraction of sp³-hybridized carbons (Fsp3) is 0.684. The predicted molar refractivity (Wildman–Crippen MR) is 109 cm³/mol. The quantitative estimate of drug-likeness (QED) is 0.397. The fourth-order valence-corrected chi connectivity index (χ4v) is 5.07. The Morgan fingerprint density at radius 2 is 1.54 bits per heavy atom. The largest absolute Gasteiger partial charge is 0.541 e. The van der Waals surface area contributed by atoms with E-state index in [9.17, 15) is 0 Å². The second kappa shape index (κ2) is 5.79. The minimum absolute atomic E-state index is 0.152. The van der Waals surface area contributed by atoms with Crippen LogP contribution in [0.25, 0.3) is 0 Å². The molecule has 0 atom stereocenters. The number of benzene rings is 1. The van der Waals surface area contributed by atoms with Crippen LogP contribution in [0, 0.1) is 3.57 Å². The third kappa shape index (κ3) is 3.06. The lowest BCUT2D eigenvalue weighted by molar-refractivity contribution is -0.0440. The maximum Gasteiger partial charge on any atom is 0.250 e. The van der Waals surface area contributed by atoms with E-state index in [1.165, 1.54) is 27.5 Å². The van der Waals surface area contributed by atoms with Crippen LogP contribution in [-0.4, -0.2) is 14.1 Å². The van der Waals surface area contributed by atoms with Crippen molar-refractivity contribution in [1.82, 2.24) is 0 Å². The third-order valence-corrected chi connectivity index (χ3v) is 10.9. The molecule has 0 saturated carbocycles. The van der Waals surface area contributed by atoms with Gasteiger partial charge >= 0.3 is 0 Å². The summed E-state index contributed by atoms with van der Waals surface area (Å²) in [4.78, 5) is 0. The lowest BCUT2D eigenvalue weighted by Crippen LogP contribution is -2.44. The van der Waals surface area contributed by atoms with Crippen LogP contribution in [-0.2, 0) is 12.8 Å². The van der Waals surface area contributed by atoms with Crippen LogP contribution in [0.5, 0.6) is 17.2 Å². The standard InChI is InChI=1S/C19H29IO3Si/c1-18(2,3)24(6,7)23-15-13-11-9-8-10-12(13)14(20)16-17(15)22-19(4,5)21-16/h8-11H2,1-7H3. The van der Waals surface area contributed by atoms with Gasteiger partial charge in [-0.05, 0) is 72.0 Å². The maximum atomic E-state index is 6.79. The van der Waals surface area contributed by atoms with Gasteiger partial charge in [0.15, 0.2) is 11.5 Å². The Morgan fingerprint density at radius 1 is 1.00 bits per heavy atom. The lowest BCUT2D eigenvalue weighted by atomic mass is 9.90. The molecule has 0 spiro atoms. The molecule has 0 bridgehead atoms. The summed E-state index contributed by atoms with van der Waals surface area (Å²) in [6, 6.07) is 0. The van der Waals surface area contributed by atoms with Crippen molar-refractivity contribution < 1.29 is 13.9 Å². The van der Waals surface area contributed by atoms with E-state index in [0.717, 1.165) is 30.1 Å². The molecule has 1 aromatic rings. The molecule has 0 fully saturated rings. The van der Waals surface area contributed by atoms with E-state index < -0.39 is 14.1 Å². The number of halogens is 1. The summed E-state index contributed by atoms with van der Waals surface area (Å²) >= 11 is 2.43. The predicted octanol–water partition coefficient (Wildman–Crippen LogP) is 6.06. The molecule has 2 aliphatic rings. The smallest absolute Gasteiger partial charge is 0.250 e.